The molecule has 0 unspecified atom stereocenters. The number of carboxylic acids is 1. The third kappa shape index (κ3) is 4.75. The van der Waals surface area contributed by atoms with Crippen molar-refractivity contribution >= 4 is 17.5 Å². The van der Waals surface area contributed by atoms with Gasteiger partial charge in [-0.05, 0) is 47.1 Å². The van der Waals surface area contributed by atoms with Crippen molar-refractivity contribution < 1.29 is 24.2 Å². The lowest BCUT2D eigenvalue weighted by atomic mass is 9.71. The molecule has 2 heterocycles. The number of carbonyl (C=O) groups excluding carboxylic acids is 1. The van der Waals surface area contributed by atoms with E-state index in [2.05, 4.69) is 18.7 Å². The number of carboxylic acid groups (broad SMARTS) is 1. The second-order valence-electron chi connectivity index (χ2n) is 11.0. The number of nitrogens with zero attached hydrogens (tertiary/aromatic N) is 2. The van der Waals surface area contributed by atoms with Gasteiger partial charge >= 0.3 is 5.97 Å². The predicted octanol–water partition coefficient (Wildman–Crippen LogP) is 4.79. The molecule has 2 atom stereocenters. The van der Waals surface area contributed by atoms with Crippen molar-refractivity contribution in [2.24, 2.45) is 10.4 Å². The molecule has 37 heavy (non-hydrogen) atoms. The summed E-state index contributed by atoms with van der Waals surface area (Å²) in [6.07, 6.45) is 2.77. The minimum Gasteiger partial charge on any atom is -0.493 e. The Hall–Kier alpha value is -3.61. The maximum atomic E-state index is 13.5. The standard InChI is InChI=1S/C30H34N2O5/c1-30(2)16-24-28(25(33)17-30)21(31-22(29(34)35)12-18-8-6-5-7-9-18)15-23-20-14-27(37-4)26(36-3)13-19(20)10-11-32(23)24/h5-9,13-14,22-23H,10-12,15-17H2,1-4H3,(H,34,35)/t22-,23-/m1/s1. The zero-order chi connectivity index (χ0) is 26.3. The van der Waals surface area contributed by atoms with Gasteiger partial charge in [-0.3, -0.25) is 9.79 Å². The number of fused-ring (bicyclic) bond motifs is 4. The SMILES string of the molecule is COc1cc2c(cc1OC)[C@H]1CC(=N[C@H](Cc3ccccc3)C(=O)O)C3=C(CC(C)(C)CC3=O)N1CC2. The molecule has 0 saturated heterocycles. The van der Waals surface area contributed by atoms with Crippen LogP contribution in [0.3, 0.4) is 0 Å². The molecule has 7 nitrogen and oxygen atoms in total. The normalized spacial score (nSPS) is 22.2. The van der Waals surface area contributed by atoms with Gasteiger partial charge in [0.1, 0.15) is 0 Å². The van der Waals surface area contributed by atoms with Gasteiger partial charge in [-0.25, -0.2) is 4.79 Å². The fourth-order valence-corrected chi connectivity index (χ4v) is 6.05. The lowest BCUT2D eigenvalue weighted by molar-refractivity contribution is -0.138. The van der Waals surface area contributed by atoms with E-state index in [0.717, 1.165) is 36.2 Å². The molecule has 0 saturated carbocycles. The number of allylic oxidation sites excluding steroid dienone is 2. The van der Waals surface area contributed by atoms with Gasteiger partial charge in [-0.15, -0.1) is 0 Å². The Morgan fingerprint density at radius 2 is 1.84 bits per heavy atom. The van der Waals surface area contributed by atoms with Gasteiger partial charge in [-0.1, -0.05) is 44.2 Å². The molecule has 2 aliphatic heterocycles. The molecule has 0 fully saturated rings. The molecule has 5 rings (SSSR count). The molecule has 0 amide bonds. The number of hydrogen-bond donors (Lipinski definition) is 1. The summed E-state index contributed by atoms with van der Waals surface area (Å²) in [5, 5.41) is 10.1. The van der Waals surface area contributed by atoms with Crippen LogP contribution in [0.2, 0.25) is 0 Å². The zero-order valence-electron chi connectivity index (χ0n) is 21.9. The zero-order valence-corrected chi connectivity index (χ0v) is 21.9. The predicted molar refractivity (Wildman–Crippen MR) is 141 cm³/mol. The van der Waals surface area contributed by atoms with Crippen LogP contribution in [0.15, 0.2) is 58.7 Å². The Balaban J connectivity index is 1.63. The highest BCUT2D eigenvalue weighted by atomic mass is 16.5. The monoisotopic (exact) mass is 502 g/mol. The second kappa shape index (κ2) is 9.69. The molecule has 3 aliphatic rings. The Morgan fingerprint density at radius 3 is 2.51 bits per heavy atom. The first-order valence-corrected chi connectivity index (χ1v) is 12.8. The number of Topliss-reactive ketones (excluding diaryl/α,β-unsaturated/α-hetero) is 1. The van der Waals surface area contributed by atoms with E-state index in [1.807, 2.05) is 42.5 Å². The first-order chi connectivity index (χ1) is 17.7. The highest BCUT2D eigenvalue weighted by Gasteiger charge is 2.44. The van der Waals surface area contributed by atoms with Crippen LogP contribution in [-0.2, 0) is 22.4 Å². The average Bonchev–Trinajstić information content (AvgIpc) is 2.86. The molecule has 0 spiro atoms. The fourth-order valence-electron chi connectivity index (χ4n) is 6.05. The van der Waals surface area contributed by atoms with Crippen LogP contribution in [-0.4, -0.2) is 54.3 Å². The van der Waals surface area contributed by atoms with Crippen molar-refractivity contribution in [3.63, 3.8) is 0 Å². The van der Waals surface area contributed by atoms with Gasteiger partial charge in [0.25, 0.3) is 0 Å². The molecule has 0 radical (unpaired) electrons. The molecule has 1 aliphatic carbocycles. The molecule has 1 N–H and O–H groups in total. The Kier molecular flexibility index (Phi) is 6.56. The summed E-state index contributed by atoms with van der Waals surface area (Å²) >= 11 is 0. The van der Waals surface area contributed by atoms with Gasteiger partial charge in [0.15, 0.2) is 23.3 Å². The van der Waals surface area contributed by atoms with E-state index in [0.29, 0.717) is 35.6 Å². The van der Waals surface area contributed by atoms with Gasteiger partial charge in [0, 0.05) is 31.5 Å². The summed E-state index contributed by atoms with van der Waals surface area (Å²) in [5.74, 6) is 0.432. The van der Waals surface area contributed by atoms with E-state index in [4.69, 9.17) is 14.5 Å². The summed E-state index contributed by atoms with van der Waals surface area (Å²) in [6.45, 7) is 5.03. The number of ether oxygens (including phenoxy) is 2. The van der Waals surface area contributed by atoms with E-state index in [-0.39, 0.29) is 23.7 Å². The van der Waals surface area contributed by atoms with Gasteiger partial charge in [0.05, 0.1) is 31.5 Å². The van der Waals surface area contributed by atoms with Crippen LogP contribution in [0.5, 0.6) is 11.5 Å². The summed E-state index contributed by atoms with van der Waals surface area (Å²) in [7, 11) is 3.26. The van der Waals surface area contributed by atoms with Crippen LogP contribution in [0.4, 0.5) is 0 Å². The maximum absolute atomic E-state index is 13.5. The quantitative estimate of drug-likeness (QED) is 0.611. The van der Waals surface area contributed by atoms with Crippen molar-refractivity contribution in [1.82, 2.24) is 4.90 Å². The van der Waals surface area contributed by atoms with Gasteiger partial charge in [0.2, 0.25) is 0 Å². The number of aliphatic imine (C=N–C) groups is 1. The number of ketones is 1. The third-order valence-electron chi connectivity index (χ3n) is 7.75. The molecular weight excluding hydrogens is 468 g/mol. The van der Waals surface area contributed by atoms with Crippen LogP contribution < -0.4 is 9.47 Å². The number of rotatable bonds is 6. The minimum absolute atomic E-state index is 0.0473. The summed E-state index contributed by atoms with van der Waals surface area (Å²) in [6, 6.07) is 12.6. The number of aliphatic carboxylic acids is 1. The largest absolute Gasteiger partial charge is 0.493 e. The second-order valence-corrected chi connectivity index (χ2v) is 11.0. The molecular formula is C30H34N2O5. The number of methoxy groups -OCH3 is 2. The van der Waals surface area contributed by atoms with Crippen molar-refractivity contribution in [1.29, 1.82) is 0 Å². The molecule has 7 heteroatoms. The third-order valence-corrected chi connectivity index (χ3v) is 7.75. The van der Waals surface area contributed by atoms with Crippen LogP contribution in [0.25, 0.3) is 0 Å². The van der Waals surface area contributed by atoms with Crippen molar-refractivity contribution in [2.45, 2.75) is 58.0 Å². The minimum atomic E-state index is -0.986. The van der Waals surface area contributed by atoms with Crippen molar-refractivity contribution in [3.8, 4) is 11.5 Å². The topological polar surface area (TPSA) is 88.4 Å². The van der Waals surface area contributed by atoms with Crippen LogP contribution in [0.1, 0.15) is 55.8 Å². The lowest BCUT2D eigenvalue weighted by Gasteiger charge is -2.48. The van der Waals surface area contributed by atoms with Crippen molar-refractivity contribution in [3.05, 3.63) is 70.4 Å². The Bertz CT molecular complexity index is 1290. The molecule has 0 aromatic heterocycles. The molecule has 2 aromatic rings. The van der Waals surface area contributed by atoms with Gasteiger partial charge in [-0.2, -0.15) is 0 Å². The highest BCUT2D eigenvalue weighted by Crippen LogP contribution is 2.49. The lowest BCUT2D eigenvalue weighted by Crippen LogP contribution is -2.46. The number of benzene rings is 2. The van der Waals surface area contributed by atoms with E-state index in [1.165, 1.54) is 5.56 Å². The number of hydrogen-bond acceptors (Lipinski definition) is 6. The summed E-state index contributed by atoms with van der Waals surface area (Å²) in [5.41, 5.74) is 5.29. The summed E-state index contributed by atoms with van der Waals surface area (Å²) in [4.78, 5) is 33.0. The molecule has 0 bridgehead atoms. The Morgan fingerprint density at radius 1 is 1.14 bits per heavy atom. The van der Waals surface area contributed by atoms with E-state index >= 15 is 0 Å². The van der Waals surface area contributed by atoms with E-state index in [9.17, 15) is 14.7 Å². The van der Waals surface area contributed by atoms with Crippen LogP contribution >= 0.6 is 0 Å². The molecule has 194 valence electrons. The highest BCUT2D eigenvalue weighted by molar-refractivity contribution is 6.24. The number of carbonyl (C=O) groups is 2. The molecule has 2 aromatic carbocycles. The fraction of sp³-hybridized carbons (Fsp3) is 0.433. The van der Waals surface area contributed by atoms with Gasteiger partial charge < -0.3 is 19.5 Å². The smallest absolute Gasteiger partial charge is 0.328 e. The Labute approximate surface area is 217 Å². The van der Waals surface area contributed by atoms with Crippen LogP contribution in [0, 0.1) is 5.41 Å². The first kappa shape index (κ1) is 25.1. The van der Waals surface area contributed by atoms with E-state index < -0.39 is 12.0 Å². The average molecular weight is 503 g/mol. The first-order valence-electron chi connectivity index (χ1n) is 12.8. The van der Waals surface area contributed by atoms with Crippen molar-refractivity contribution in [2.75, 3.05) is 20.8 Å². The summed E-state index contributed by atoms with van der Waals surface area (Å²) < 4.78 is 11.2. The maximum Gasteiger partial charge on any atom is 0.328 e. The van der Waals surface area contributed by atoms with E-state index in [1.54, 1.807) is 14.2 Å².